The first kappa shape index (κ1) is 15.8. The van der Waals surface area contributed by atoms with Crippen molar-refractivity contribution >= 4 is 5.97 Å². The lowest BCUT2D eigenvalue weighted by Gasteiger charge is -2.27. The van der Waals surface area contributed by atoms with Crippen LogP contribution in [0.2, 0.25) is 0 Å². The van der Waals surface area contributed by atoms with Crippen molar-refractivity contribution in [2.45, 2.75) is 19.9 Å². The van der Waals surface area contributed by atoms with Crippen molar-refractivity contribution in [3.8, 4) is 5.75 Å². The van der Waals surface area contributed by atoms with Crippen LogP contribution in [0, 0.1) is 5.92 Å². The van der Waals surface area contributed by atoms with E-state index in [1.54, 1.807) is 14.0 Å². The summed E-state index contributed by atoms with van der Waals surface area (Å²) in [5, 5.41) is 9.03. The van der Waals surface area contributed by atoms with E-state index in [-0.39, 0.29) is 5.92 Å². The molecule has 1 unspecified atom stereocenters. The molecule has 1 heterocycles. The number of methoxy groups -OCH3 is 1. The highest BCUT2D eigenvalue weighted by Gasteiger charge is 2.16. The number of hydrogen-bond donors (Lipinski definition) is 1. The Balaban J connectivity index is 2.11. The maximum atomic E-state index is 11.0. The number of rotatable bonds is 6. The van der Waals surface area contributed by atoms with Crippen molar-refractivity contribution in [1.82, 2.24) is 4.90 Å². The lowest BCUT2D eigenvalue weighted by atomic mass is 9.99. The first-order valence-electron chi connectivity index (χ1n) is 7.29. The molecule has 0 saturated carbocycles. The van der Waals surface area contributed by atoms with Gasteiger partial charge in [-0.2, -0.15) is 0 Å². The normalized spacial score (nSPS) is 17.4. The van der Waals surface area contributed by atoms with Gasteiger partial charge in [-0.1, -0.05) is 19.1 Å². The van der Waals surface area contributed by atoms with Gasteiger partial charge in [0.05, 0.1) is 26.2 Å². The molecule has 1 fully saturated rings. The van der Waals surface area contributed by atoms with Crippen LogP contribution in [0.15, 0.2) is 18.2 Å². The third kappa shape index (κ3) is 4.44. The molecular weight excluding hydrogens is 270 g/mol. The second-order valence-corrected chi connectivity index (χ2v) is 5.48. The molecule has 1 aromatic carbocycles. The van der Waals surface area contributed by atoms with Crippen LogP contribution in [0.4, 0.5) is 0 Å². The fraction of sp³-hybridized carbons (Fsp3) is 0.562. The predicted molar refractivity (Wildman–Crippen MR) is 79.6 cm³/mol. The monoisotopic (exact) mass is 293 g/mol. The third-order valence-corrected chi connectivity index (χ3v) is 3.81. The third-order valence-electron chi connectivity index (χ3n) is 3.81. The summed E-state index contributed by atoms with van der Waals surface area (Å²) in [6, 6.07) is 5.94. The van der Waals surface area contributed by atoms with Crippen LogP contribution >= 0.6 is 0 Å². The van der Waals surface area contributed by atoms with E-state index in [4.69, 9.17) is 14.6 Å². The molecule has 1 N–H and O–H groups in total. The molecule has 1 atom stereocenters. The summed E-state index contributed by atoms with van der Waals surface area (Å²) in [6.07, 6.45) is 0.537. The number of aliphatic carboxylic acids is 1. The summed E-state index contributed by atoms with van der Waals surface area (Å²) in [6.45, 7) is 5.89. The van der Waals surface area contributed by atoms with Gasteiger partial charge < -0.3 is 14.6 Å². The molecule has 0 radical (unpaired) electrons. The van der Waals surface area contributed by atoms with Crippen molar-refractivity contribution < 1.29 is 19.4 Å². The van der Waals surface area contributed by atoms with Gasteiger partial charge in [0, 0.05) is 25.2 Å². The minimum absolute atomic E-state index is 0.380. The summed E-state index contributed by atoms with van der Waals surface area (Å²) in [5.41, 5.74) is 2.14. The second-order valence-electron chi connectivity index (χ2n) is 5.48. The highest BCUT2D eigenvalue weighted by Crippen LogP contribution is 2.23. The molecule has 5 heteroatoms. The lowest BCUT2D eigenvalue weighted by Crippen LogP contribution is -2.35. The molecular formula is C16H23NO4. The van der Waals surface area contributed by atoms with Crippen LogP contribution in [0.3, 0.4) is 0 Å². The van der Waals surface area contributed by atoms with Gasteiger partial charge in [0.15, 0.2) is 0 Å². The Labute approximate surface area is 125 Å². The number of morpholine rings is 1. The Morgan fingerprint density at radius 3 is 2.76 bits per heavy atom. The number of carbonyl (C=O) groups is 1. The van der Waals surface area contributed by atoms with Crippen LogP contribution in [0.25, 0.3) is 0 Å². The van der Waals surface area contributed by atoms with E-state index in [0.717, 1.165) is 49.7 Å². The van der Waals surface area contributed by atoms with Crippen LogP contribution in [-0.2, 0) is 22.5 Å². The Kier molecular flexibility index (Phi) is 5.59. The van der Waals surface area contributed by atoms with E-state index < -0.39 is 5.97 Å². The van der Waals surface area contributed by atoms with E-state index in [1.165, 1.54) is 0 Å². The van der Waals surface area contributed by atoms with E-state index in [2.05, 4.69) is 11.0 Å². The smallest absolute Gasteiger partial charge is 0.306 e. The van der Waals surface area contributed by atoms with E-state index in [1.807, 2.05) is 12.1 Å². The van der Waals surface area contributed by atoms with Crippen molar-refractivity contribution in [2.24, 2.45) is 5.92 Å². The maximum absolute atomic E-state index is 11.0. The highest BCUT2D eigenvalue weighted by atomic mass is 16.5. The summed E-state index contributed by atoms with van der Waals surface area (Å²) in [7, 11) is 1.66. The predicted octanol–water partition coefficient (Wildman–Crippen LogP) is 1.79. The Hall–Kier alpha value is -1.59. The molecule has 2 rings (SSSR count). The number of benzene rings is 1. The van der Waals surface area contributed by atoms with Gasteiger partial charge >= 0.3 is 5.97 Å². The van der Waals surface area contributed by atoms with Gasteiger partial charge in [-0.3, -0.25) is 9.69 Å². The van der Waals surface area contributed by atoms with Crippen LogP contribution < -0.4 is 4.74 Å². The van der Waals surface area contributed by atoms with Gasteiger partial charge in [-0.15, -0.1) is 0 Å². The van der Waals surface area contributed by atoms with Crippen molar-refractivity contribution in [2.75, 3.05) is 33.4 Å². The summed E-state index contributed by atoms with van der Waals surface area (Å²) < 4.78 is 10.8. The van der Waals surface area contributed by atoms with Crippen LogP contribution in [-0.4, -0.2) is 49.4 Å². The van der Waals surface area contributed by atoms with Crippen molar-refractivity contribution in [3.63, 3.8) is 0 Å². The molecule has 0 bridgehead atoms. The first-order chi connectivity index (χ1) is 10.1. The Bertz CT molecular complexity index is 483. The summed E-state index contributed by atoms with van der Waals surface area (Å²) in [4.78, 5) is 13.3. The topological polar surface area (TPSA) is 59.0 Å². The van der Waals surface area contributed by atoms with Gasteiger partial charge in [-0.05, 0) is 18.1 Å². The minimum atomic E-state index is -0.763. The molecule has 1 saturated heterocycles. The minimum Gasteiger partial charge on any atom is -0.496 e. The molecule has 0 aliphatic carbocycles. The molecule has 21 heavy (non-hydrogen) atoms. The Morgan fingerprint density at radius 1 is 1.43 bits per heavy atom. The molecule has 1 aliphatic rings. The molecule has 116 valence electrons. The first-order valence-corrected chi connectivity index (χ1v) is 7.29. The van der Waals surface area contributed by atoms with Gasteiger partial charge in [0.25, 0.3) is 0 Å². The average molecular weight is 293 g/mol. The quantitative estimate of drug-likeness (QED) is 0.866. The van der Waals surface area contributed by atoms with Crippen LogP contribution in [0.1, 0.15) is 18.1 Å². The maximum Gasteiger partial charge on any atom is 0.306 e. The molecule has 5 nitrogen and oxygen atoms in total. The molecule has 1 aromatic rings. The highest BCUT2D eigenvalue weighted by molar-refractivity contribution is 5.69. The number of carboxylic acids is 1. The van der Waals surface area contributed by atoms with Gasteiger partial charge in [0.1, 0.15) is 5.75 Å². The van der Waals surface area contributed by atoms with E-state index in [0.29, 0.717) is 6.42 Å². The molecule has 0 aromatic heterocycles. The van der Waals surface area contributed by atoms with Gasteiger partial charge in [-0.25, -0.2) is 0 Å². The Morgan fingerprint density at radius 2 is 2.14 bits per heavy atom. The van der Waals surface area contributed by atoms with Gasteiger partial charge in [0.2, 0.25) is 0 Å². The van der Waals surface area contributed by atoms with Crippen molar-refractivity contribution in [3.05, 3.63) is 29.3 Å². The number of carboxylic acid groups (broad SMARTS) is 1. The fourth-order valence-electron chi connectivity index (χ4n) is 2.52. The largest absolute Gasteiger partial charge is 0.496 e. The second kappa shape index (κ2) is 7.43. The zero-order chi connectivity index (χ0) is 15.2. The molecule has 1 aliphatic heterocycles. The standard InChI is InChI=1S/C16H23NO4/c1-12(16(18)19)9-13-3-4-15(20-2)14(10-13)11-17-5-7-21-8-6-17/h3-4,10,12H,5-9,11H2,1-2H3,(H,18,19). The van der Waals surface area contributed by atoms with E-state index >= 15 is 0 Å². The molecule has 0 amide bonds. The van der Waals surface area contributed by atoms with Crippen LogP contribution in [0.5, 0.6) is 5.75 Å². The zero-order valence-corrected chi connectivity index (χ0v) is 12.7. The number of hydrogen-bond acceptors (Lipinski definition) is 4. The lowest BCUT2D eigenvalue weighted by molar-refractivity contribution is -0.141. The van der Waals surface area contributed by atoms with Crippen molar-refractivity contribution in [1.29, 1.82) is 0 Å². The number of nitrogens with zero attached hydrogens (tertiary/aromatic N) is 1. The average Bonchev–Trinajstić information content (AvgIpc) is 2.48. The zero-order valence-electron chi connectivity index (χ0n) is 12.7. The summed E-state index contributed by atoms with van der Waals surface area (Å²) in [5.74, 6) is -0.289. The van der Waals surface area contributed by atoms with E-state index in [9.17, 15) is 4.79 Å². The SMILES string of the molecule is COc1ccc(CC(C)C(=O)O)cc1CN1CCOCC1. The summed E-state index contributed by atoms with van der Waals surface area (Å²) >= 11 is 0. The fourth-order valence-corrected chi connectivity index (χ4v) is 2.52. The molecule has 0 spiro atoms. The number of ether oxygens (including phenoxy) is 2.